The van der Waals surface area contributed by atoms with Gasteiger partial charge in [0, 0.05) is 33.0 Å². The van der Waals surface area contributed by atoms with Crippen LogP contribution in [0, 0.1) is 0 Å². The predicted octanol–water partition coefficient (Wildman–Crippen LogP) is 0.423. The molecule has 1 aliphatic rings. The van der Waals surface area contributed by atoms with Crippen LogP contribution in [-0.2, 0) is 27.2 Å². The molecule has 2 amide bonds. The molecule has 0 heterocycles. The Labute approximate surface area is 118 Å². The van der Waals surface area contributed by atoms with E-state index in [9.17, 15) is 9.59 Å². The standard InChI is InChI=1S/C15H20N2O3/c1-3-16-13(18)14(19)17-10-15(20-2)8-11-6-4-5-7-12(11)9-15/h4-7H,3,8-10H2,1-2H3,(H,16,18)(H,17,19). The Morgan fingerprint density at radius 3 is 2.20 bits per heavy atom. The van der Waals surface area contributed by atoms with Gasteiger partial charge < -0.3 is 15.4 Å². The molecule has 2 N–H and O–H groups in total. The molecular weight excluding hydrogens is 256 g/mol. The molecule has 1 aromatic carbocycles. The Morgan fingerprint density at radius 2 is 1.70 bits per heavy atom. The number of hydrogen-bond donors (Lipinski definition) is 2. The van der Waals surface area contributed by atoms with E-state index in [0.717, 1.165) is 12.8 Å². The number of likely N-dealkylation sites (N-methyl/N-ethyl adjacent to an activating group) is 1. The molecule has 1 aliphatic carbocycles. The fourth-order valence-electron chi connectivity index (χ4n) is 2.56. The number of carbonyl (C=O) groups is 2. The van der Waals surface area contributed by atoms with Gasteiger partial charge in [-0.2, -0.15) is 0 Å². The number of hydrogen-bond acceptors (Lipinski definition) is 3. The van der Waals surface area contributed by atoms with Crippen LogP contribution in [0.15, 0.2) is 24.3 Å². The van der Waals surface area contributed by atoms with Gasteiger partial charge in [0.05, 0.1) is 5.60 Å². The van der Waals surface area contributed by atoms with Gasteiger partial charge in [0.15, 0.2) is 0 Å². The van der Waals surface area contributed by atoms with Gasteiger partial charge in [-0.15, -0.1) is 0 Å². The Morgan fingerprint density at radius 1 is 1.15 bits per heavy atom. The van der Waals surface area contributed by atoms with Gasteiger partial charge in [0.1, 0.15) is 0 Å². The summed E-state index contributed by atoms with van der Waals surface area (Å²) in [4.78, 5) is 23.0. The largest absolute Gasteiger partial charge is 0.376 e. The number of fused-ring (bicyclic) bond motifs is 1. The Balaban J connectivity index is 1.98. The zero-order valence-corrected chi connectivity index (χ0v) is 11.9. The highest BCUT2D eigenvalue weighted by molar-refractivity contribution is 6.35. The first-order chi connectivity index (χ1) is 9.60. The zero-order valence-electron chi connectivity index (χ0n) is 11.9. The van der Waals surface area contributed by atoms with Crippen LogP contribution in [0.2, 0.25) is 0 Å². The minimum Gasteiger partial charge on any atom is -0.376 e. The van der Waals surface area contributed by atoms with E-state index in [0.29, 0.717) is 13.1 Å². The number of rotatable bonds is 4. The van der Waals surface area contributed by atoms with Gasteiger partial charge in [-0.3, -0.25) is 9.59 Å². The first-order valence-electron chi connectivity index (χ1n) is 6.78. The summed E-state index contributed by atoms with van der Waals surface area (Å²) in [5.41, 5.74) is 2.02. The van der Waals surface area contributed by atoms with Crippen molar-refractivity contribution in [3.63, 3.8) is 0 Å². The molecule has 0 bridgehead atoms. The molecule has 0 unspecified atom stereocenters. The Kier molecular flexibility index (Phi) is 4.39. The molecule has 0 saturated heterocycles. The average molecular weight is 276 g/mol. The highest BCUT2D eigenvalue weighted by atomic mass is 16.5. The van der Waals surface area contributed by atoms with Crippen molar-refractivity contribution in [1.29, 1.82) is 0 Å². The molecule has 1 aromatic rings. The van der Waals surface area contributed by atoms with Gasteiger partial charge in [0.2, 0.25) is 0 Å². The lowest BCUT2D eigenvalue weighted by atomic mass is 10.00. The maximum Gasteiger partial charge on any atom is 0.309 e. The minimum atomic E-state index is -0.612. The lowest BCUT2D eigenvalue weighted by molar-refractivity contribution is -0.139. The first kappa shape index (κ1) is 14.5. The molecule has 0 aromatic heterocycles. The van der Waals surface area contributed by atoms with E-state index in [1.54, 1.807) is 14.0 Å². The summed E-state index contributed by atoms with van der Waals surface area (Å²) in [7, 11) is 1.64. The van der Waals surface area contributed by atoms with Gasteiger partial charge in [-0.1, -0.05) is 24.3 Å². The number of benzene rings is 1. The smallest absolute Gasteiger partial charge is 0.309 e. The molecule has 108 valence electrons. The second kappa shape index (κ2) is 6.05. The molecule has 5 nitrogen and oxygen atoms in total. The van der Waals surface area contributed by atoms with Crippen LogP contribution in [0.3, 0.4) is 0 Å². The first-order valence-corrected chi connectivity index (χ1v) is 6.78. The summed E-state index contributed by atoms with van der Waals surface area (Å²) in [5, 5.41) is 5.14. The number of nitrogens with one attached hydrogen (secondary N) is 2. The normalized spacial score (nSPS) is 15.5. The topological polar surface area (TPSA) is 67.4 Å². The fourth-order valence-corrected chi connectivity index (χ4v) is 2.56. The van der Waals surface area contributed by atoms with Crippen LogP contribution in [0.4, 0.5) is 0 Å². The van der Waals surface area contributed by atoms with Gasteiger partial charge >= 0.3 is 11.8 Å². The third-order valence-electron chi connectivity index (χ3n) is 3.69. The third-order valence-corrected chi connectivity index (χ3v) is 3.69. The summed E-state index contributed by atoms with van der Waals surface area (Å²) >= 11 is 0. The van der Waals surface area contributed by atoms with E-state index >= 15 is 0 Å². The predicted molar refractivity (Wildman–Crippen MR) is 75.3 cm³/mol. The van der Waals surface area contributed by atoms with E-state index < -0.39 is 17.4 Å². The quantitative estimate of drug-likeness (QED) is 0.783. The molecule has 0 aliphatic heterocycles. The SMILES string of the molecule is CCNC(=O)C(=O)NCC1(OC)Cc2ccccc2C1. The van der Waals surface area contributed by atoms with E-state index in [-0.39, 0.29) is 0 Å². The summed E-state index contributed by atoms with van der Waals surface area (Å²) < 4.78 is 5.62. The molecule has 2 rings (SSSR count). The van der Waals surface area contributed by atoms with E-state index in [4.69, 9.17) is 4.74 Å². The summed E-state index contributed by atoms with van der Waals surface area (Å²) in [6, 6.07) is 8.14. The number of ether oxygens (including phenoxy) is 1. The van der Waals surface area contributed by atoms with Crippen molar-refractivity contribution in [3.05, 3.63) is 35.4 Å². The molecule has 0 saturated carbocycles. The monoisotopic (exact) mass is 276 g/mol. The number of amides is 2. The lowest BCUT2D eigenvalue weighted by Gasteiger charge is -2.27. The molecule has 5 heteroatoms. The number of carbonyl (C=O) groups excluding carboxylic acids is 2. The van der Waals surface area contributed by atoms with E-state index in [2.05, 4.69) is 22.8 Å². The fraction of sp³-hybridized carbons (Fsp3) is 0.467. The van der Waals surface area contributed by atoms with Crippen LogP contribution in [0.25, 0.3) is 0 Å². The zero-order chi connectivity index (χ0) is 14.6. The van der Waals surface area contributed by atoms with Crippen LogP contribution < -0.4 is 10.6 Å². The van der Waals surface area contributed by atoms with Crippen molar-refractivity contribution in [2.75, 3.05) is 20.2 Å². The van der Waals surface area contributed by atoms with Gasteiger partial charge in [-0.05, 0) is 18.1 Å². The molecule has 0 spiro atoms. The van der Waals surface area contributed by atoms with Crippen molar-refractivity contribution in [1.82, 2.24) is 10.6 Å². The molecular formula is C15H20N2O3. The molecule has 0 fully saturated rings. The van der Waals surface area contributed by atoms with E-state index in [1.807, 2.05) is 12.1 Å². The lowest BCUT2D eigenvalue weighted by Crippen LogP contribution is -2.49. The molecule has 0 radical (unpaired) electrons. The average Bonchev–Trinajstić information content (AvgIpc) is 2.84. The second-order valence-corrected chi connectivity index (χ2v) is 5.05. The maximum absolute atomic E-state index is 11.6. The Hall–Kier alpha value is -1.88. The van der Waals surface area contributed by atoms with Crippen molar-refractivity contribution in [2.24, 2.45) is 0 Å². The van der Waals surface area contributed by atoms with Crippen LogP contribution >= 0.6 is 0 Å². The van der Waals surface area contributed by atoms with Crippen LogP contribution in [0.5, 0.6) is 0 Å². The van der Waals surface area contributed by atoms with Crippen LogP contribution in [-0.4, -0.2) is 37.6 Å². The van der Waals surface area contributed by atoms with Gasteiger partial charge in [-0.25, -0.2) is 0 Å². The van der Waals surface area contributed by atoms with Crippen LogP contribution in [0.1, 0.15) is 18.1 Å². The third kappa shape index (κ3) is 2.99. The number of methoxy groups -OCH3 is 1. The van der Waals surface area contributed by atoms with Crippen molar-refractivity contribution in [3.8, 4) is 0 Å². The van der Waals surface area contributed by atoms with Gasteiger partial charge in [0.25, 0.3) is 0 Å². The van der Waals surface area contributed by atoms with E-state index in [1.165, 1.54) is 11.1 Å². The second-order valence-electron chi connectivity index (χ2n) is 5.05. The Bertz CT molecular complexity index is 489. The highest BCUT2D eigenvalue weighted by Gasteiger charge is 2.37. The highest BCUT2D eigenvalue weighted by Crippen LogP contribution is 2.31. The van der Waals surface area contributed by atoms with Crippen molar-refractivity contribution >= 4 is 11.8 Å². The summed E-state index contributed by atoms with van der Waals surface area (Å²) in [6.07, 6.45) is 1.49. The maximum atomic E-state index is 11.6. The molecule has 0 atom stereocenters. The summed E-state index contributed by atoms with van der Waals surface area (Å²) in [6.45, 7) is 2.54. The van der Waals surface area contributed by atoms with Crippen molar-refractivity contribution < 1.29 is 14.3 Å². The molecule has 20 heavy (non-hydrogen) atoms. The minimum absolute atomic E-state index is 0.328. The summed E-state index contributed by atoms with van der Waals surface area (Å²) in [5.74, 6) is -1.21. The van der Waals surface area contributed by atoms with Crippen molar-refractivity contribution in [2.45, 2.75) is 25.4 Å².